The zero-order valence-corrected chi connectivity index (χ0v) is 16.5. The number of carbonyl (C=O) groups is 5. The van der Waals surface area contributed by atoms with Crippen LogP contribution < -0.4 is 10.1 Å². The lowest BCUT2D eigenvalue weighted by Gasteiger charge is -2.09. The van der Waals surface area contributed by atoms with Gasteiger partial charge < -0.3 is 9.47 Å². The van der Waals surface area contributed by atoms with Crippen molar-refractivity contribution in [2.45, 2.75) is 0 Å². The molecule has 0 atom stereocenters. The van der Waals surface area contributed by atoms with Gasteiger partial charge in [0.25, 0.3) is 23.6 Å². The van der Waals surface area contributed by atoms with E-state index in [1.807, 2.05) is 0 Å². The fourth-order valence-corrected chi connectivity index (χ4v) is 2.90. The second-order valence-corrected chi connectivity index (χ2v) is 6.45. The van der Waals surface area contributed by atoms with Crippen molar-refractivity contribution >= 4 is 29.6 Å². The molecule has 0 spiro atoms. The minimum absolute atomic E-state index is 0.00497. The number of carbonyl (C=O) groups excluding carboxylic acids is 5. The van der Waals surface area contributed by atoms with Crippen molar-refractivity contribution in [1.29, 1.82) is 0 Å². The standard InChI is InChI=1S/C22H18N2O7/c1-3-10-24-20(27)16-9-6-14(11-17(16)21(24)28)22(29)31-12-18(25)23-19(26)13-4-7-15(30-2)8-5-13/h3-9,11H,1,10,12H2,2H3,(H,23,25,26). The summed E-state index contributed by atoms with van der Waals surface area (Å²) >= 11 is 0. The summed E-state index contributed by atoms with van der Waals surface area (Å²) in [4.78, 5) is 61.8. The van der Waals surface area contributed by atoms with Gasteiger partial charge in [0.15, 0.2) is 6.61 Å². The van der Waals surface area contributed by atoms with Crippen LogP contribution in [0.5, 0.6) is 5.75 Å². The number of rotatable bonds is 7. The molecule has 0 fully saturated rings. The highest BCUT2D eigenvalue weighted by Gasteiger charge is 2.35. The third kappa shape index (κ3) is 4.50. The van der Waals surface area contributed by atoms with E-state index in [9.17, 15) is 24.0 Å². The minimum Gasteiger partial charge on any atom is -0.497 e. The SMILES string of the molecule is C=CCN1C(=O)c2ccc(C(=O)OCC(=O)NC(=O)c3ccc(OC)cc3)cc2C1=O. The Morgan fingerprint density at radius 3 is 2.29 bits per heavy atom. The number of esters is 1. The third-order valence-corrected chi connectivity index (χ3v) is 4.46. The zero-order chi connectivity index (χ0) is 22.5. The molecule has 0 radical (unpaired) electrons. The first kappa shape index (κ1) is 21.4. The quantitative estimate of drug-likeness (QED) is 0.409. The second-order valence-electron chi connectivity index (χ2n) is 6.45. The molecule has 9 heteroatoms. The Bertz CT molecular complexity index is 1090. The predicted molar refractivity (Wildman–Crippen MR) is 108 cm³/mol. The Hall–Kier alpha value is -4.27. The molecular weight excluding hydrogens is 404 g/mol. The average molecular weight is 422 g/mol. The van der Waals surface area contributed by atoms with Crippen LogP contribution in [0.3, 0.4) is 0 Å². The highest BCUT2D eigenvalue weighted by atomic mass is 16.5. The maximum absolute atomic E-state index is 12.3. The van der Waals surface area contributed by atoms with Crippen LogP contribution in [0.25, 0.3) is 0 Å². The van der Waals surface area contributed by atoms with Gasteiger partial charge in [-0.15, -0.1) is 6.58 Å². The van der Waals surface area contributed by atoms with Crippen LogP contribution in [0.2, 0.25) is 0 Å². The Morgan fingerprint density at radius 2 is 1.65 bits per heavy atom. The number of hydrogen-bond acceptors (Lipinski definition) is 7. The van der Waals surface area contributed by atoms with Gasteiger partial charge in [0.05, 0.1) is 23.8 Å². The Kier molecular flexibility index (Phi) is 6.25. The first-order valence-corrected chi connectivity index (χ1v) is 9.12. The number of nitrogens with zero attached hydrogens (tertiary/aromatic N) is 1. The molecule has 0 bridgehead atoms. The normalized spacial score (nSPS) is 12.2. The molecule has 1 heterocycles. The van der Waals surface area contributed by atoms with Crippen molar-refractivity contribution in [2.24, 2.45) is 0 Å². The molecule has 0 aromatic heterocycles. The van der Waals surface area contributed by atoms with Crippen molar-refractivity contribution in [3.8, 4) is 5.75 Å². The van der Waals surface area contributed by atoms with Crippen LogP contribution in [-0.2, 0) is 9.53 Å². The molecule has 2 aromatic carbocycles. The number of imide groups is 2. The van der Waals surface area contributed by atoms with E-state index in [1.165, 1.54) is 43.5 Å². The van der Waals surface area contributed by atoms with E-state index in [0.717, 1.165) is 4.90 Å². The second kappa shape index (κ2) is 9.04. The number of nitrogens with one attached hydrogen (secondary N) is 1. The van der Waals surface area contributed by atoms with Gasteiger partial charge in [0, 0.05) is 12.1 Å². The number of methoxy groups -OCH3 is 1. The van der Waals surface area contributed by atoms with Crippen LogP contribution in [0.4, 0.5) is 0 Å². The molecule has 3 rings (SSSR count). The number of benzene rings is 2. The van der Waals surface area contributed by atoms with E-state index >= 15 is 0 Å². The van der Waals surface area contributed by atoms with E-state index in [2.05, 4.69) is 11.9 Å². The maximum Gasteiger partial charge on any atom is 0.338 e. The minimum atomic E-state index is -0.878. The van der Waals surface area contributed by atoms with Crippen LogP contribution in [0, 0.1) is 0 Å². The van der Waals surface area contributed by atoms with Crippen LogP contribution in [0.15, 0.2) is 55.1 Å². The average Bonchev–Trinajstić information content (AvgIpc) is 3.02. The highest BCUT2D eigenvalue weighted by Crippen LogP contribution is 2.24. The molecule has 31 heavy (non-hydrogen) atoms. The third-order valence-electron chi connectivity index (χ3n) is 4.46. The van der Waals surface area contributed by atoms with E-state index in [4.69, 9.17) is 9.47 Å². The molecule has 9 nitrogen and oxygen atoms in total. The predicted octanol–water partition coefficient (Wildman–Crippen LogP) is 1.59. The molecule has 1 aliphatic rings. The largest absolute Gasteiger partial charge is 0.497 e. The summed E-state index contributed by atoms with van der Waals surface area (Å²) in [5, 5.41) is 2.10. The van der Waals surface area contributed by atoms with Gasteiger partial charge in [0.1, 0.15) is 5.75 Å². The molecular formula is C22H18N2O7. The summed E-state index contributed by atoms with van der Waals surface area (Å²) in [6, 6.07) is 10.00. The molecule has 1 N–H and O–H groups in total. The van der Waals surface area contributed by atoms with Gasteiger partial charge in [-0.2, -0.15) is 0 Å². The summed E-state index contributed by atoms with van der Waals surface area (Å²) in [5.74, 6) is -2.82. The molecule has 2 aromatic rings. The summed E-state index contributed by atoms with van der Waals surface area (Å²) in [6.07, 6.45) is 1.42. The van der Waals surface area contributed by atoms with Gasteiger partial charge >= 0.3 is 5.97 Å². The molecule has 4 amide bonds. The molecule has 0 saturated heterocycles. The highest BCUT2D eigenvalue weighted by molar-refractivity contribution is 6.22. The van der Waals surface area contributed by atoms with Gasteiger partial charge in [-0.25, -0.2) is 4.79 Å². The van der Waals surface area contributed by atoms with E-state index in [-0.39, 0.29) is 28.8 Å². The lowest BCUT2D eigenvalue weighted by atomic mass is 10.1. The van der Waals surface area contributed by atoms with Crippen molar-refractivity contribution < 1.29 is 33.4 Å². The molecule has 1 aliphatic heterocycles. The van der Waals surface area contributed by atoms with Gasteiger partial charge in [-0.05, 0) is 42.5 Å². The summed E-state index contributed by atoms with van der Waals surface area (Å²) < 4.78 is 9.90. The van der Waals surface area contributed by atoms with E-state index in [0.29, 0.717) is 5.75 Å². The summed E-state index contributed by atoms with van der Waals surface area (Å²) in [6.45, 7) is 2.85. The topological polar surface area (TPSA) is 119 Å². The first-order valence-electron chi connectivity index (χ1n) is 9.12. The molecule has 0 unspecified atom stereocenters. The van der Waals surface area contributed by atoms with Crippen LogP contribution in [-0.4, -0.2) is 54.8 Å². The smallest absolute Gasteiger partial charge is 0.338 e. The Balaban J connectivity index is 1.59. The van der Waals surface area contributed by atoms with Crippen molar-refractivity contribution in [3.63, 3.8) is 0 Å². The van der Waals surface area contributed by atoms with Crippen molar-refractivity contribution in [3.05, 3.63) is 77.4 Å². The summed E-state index contributed by atoms with van der Waals surface area (Å²) in [5.41, 5.74) is 0.465. The van der Waals surface area contributed by atoms with Gasteiger partial charge in [-0.3, -0.25) is 29.4 Å². The Morgan fingerprint density at radius 1 is 1.00 bits per heavy atom. The number of fused-ring (bicyclic) bond motifs is 1. The lowest BCUT2D eigenvalue weighted by molar-refractivity contribution is -0.123. The van der Waals surface area contributed by atoms with E-state index in [1.54, 1.807) is 12.1 Å². The number of amides is 4. The number of ether oxygens (including phenoxy) is 2. The fourth-order valence-electron chi connectivity index (χ4n) is 2.90. The van der Waals surface area contributed by atoms with Gasteiger partial charge in [0.2, 0.25) is 0 Å². The number of hydrogen-bond donors (Lipinski definition) is 1. The van der Waals surface area contributed by atoms with Gasteiger partial charge in [-0.1, -0.05) is 6.08 Å². The van der Waals surface area contributed by atoms with Crippen molar-refractivity contribution in [1.82, 2.24) is 10.2 Å². The fraction of sp³-hybridized carbons (Fsp3) is 0.136. The molecule has 158 valence electrons. The molecule has 0 saturated carbocycles. The van der Waals surface area contributed by atoms with Crippen LogP contribution in [0.1, 0.15) is 41.4 Å². The van der Waals surface area contributed by atoms with Crippen molar-refractivity contribution in [2.75, 3.05) is 20.3 Å². The molecule has 0 aliphatic carbocycles. The zero-order valence-electron chi connectivity index (χ0n) is 16.5. The monoisotopic (exact) mass is 422 g/mol. The maximum atomic E-state index is 12.3. The van der Waals surface area contributed by atoms with E-state index < -0.39 is 36.2 Å². The first-order chi connectivity index (χ1) is 14.8. The van der Waals surface area contributed by atoms with Crippen LogP contribution >= 0.6 is 0 Å². The lowest BCUT2D eigenvalue weighted by Crippen LogP contribution is -2.34. The summed E-state index contributed by atoms with van der Waals surface area (Å²) in [7, 11) is 1.49. The Labute approximate surface area is 177 Å².